The van der Waals surface area contributed by atoms with Crippen LogP contribution in [0.15, 0.2) is 48.8 Å². The van der Waals surface area contributed by atoms with Gasteiger partial charge < -0.3 is 15.2 Å². The quantitative estimate of drug-likeness (QED) is 0.771. The van der Waals surface area contributed by atoms with Crippen LogP contribution in [0.25, 0.3) is 12.2 Å². The van der Waals surface area contributed by atoms with Crippen LogP contribution in [-0.4, -0.2) is 34.6 Å². The first-order chi connectivity index (χ1) is 12.1. The summed E-state index contributed by atoms with van der Waals surface area (Å²) in [4.78, 5) is 26.5. The molecule has 2 rings (SSSR count). The number of aliphatic carboxylic acids is 1. The molecule has 1 atom stereocenters. The van der Waals surface area contributed by atoms with Crippen molar-refractivity contribution >= 4 is 24.0 Å². The van der Waals surface area contributed by atoms with Gasteiger partial charge in [0.15, 0.2) is 6.61 Å². The lowest BCUT2D eigenvalue weighted by atomic mass is 10.1. The maximum atomic E-state index is 11.7. The molecule has 1 heterocycles. The van der Waals surface area contributed by atoms with E-state index in [1.807, 2.05) is 36.4 Å². The highest BCUT2D eigenvalue weighted by atomic mass is 16.5. The molecule has 2 aromatic rings. The number of pyridine rings is 1. The Morgan fingerprint density at radius 1 is 1.12 bits per heavy atom. The topological polar surface area (TPSA) is 88.5 Å². The molecule has 0 saturated carbocycles. The second-order valence-electron chi connectivity index (χ2n) is 5.34. The van der Waals surface area contributed by atoms with Gasteiger partial charge >= 0.3 is 5.97 Å². The number of carboxylic acids is 1. The van der Waals surface area contributed by atoms with Crippen molar-refractivity contribution in [2.45, 2.75) is 19.4 Å². The molecule has 1 unspecified atom stereocenters. The third-order valence-corrected chi connectivity index (χ3v) is 3.47. The molecule has 0 spiro atoms. The number of nitrogens with one attached hydrogen (secondary N) is 1. The van der Waals surface area contributed by atoms with Gasteiger partial charge in [0.05, 0.1) is 0 Å². The molecule has 1 aromatic carbocycles. The molecule has 0 saturated heterocycles. The second-order valence-corrected chi connectivity index (χ2v) is 5.34. The van der Waals surface area contributed by atoms with E-state index >= 15 is 0 Å². The predicted octanol–water partition coefficient (Wildman–Crippen LogP) is 2.61. The number of carboxylic acid groups (broad SMARTS) is 1. The number of benzene rings is 1. The van der Waals surface area contributed by atoms with E-state index in [0.717, 1.165) is 11.1 Å². The minimum Gasteiger partial charge on any atom is -0.484 e. The molecule has 0 aliphatic rings. The summed E-state index contributed by atoms with van der Waals surface area (Å²) in [6.07, 6.45) is 7.72. The Morgan fingerprint density at radius 3 is 2.28 bits per heavy atom. The summed E-state index contributed by atoms with van der Waals surface area (Å²) in [6.45, 7) is 1.47. The molecular weight excluding hydrogens is 320 g/mol. The largest absolute Gasteiger partial charge is 0.484 e. The monoisotopic (exact) mass is 340 g/mol. The molecule has 6 nitrogen and oxygen atoms in total. The van der Waals surface area contributed by atoms with Crippen LogP contribution >= 0.6 is 0 Å². The van der Waals surface area contributed by atoms with E-state index in [4.69, 9.17) is 9.84 Å². The first-order valence-electron chi connectivity index (χ1n) is 7.91. The summed E-state index contributed by atoms with van der Waals surface area (Å²) >= 11 is 0. The van der Waals surface area contributed by atoms with E-state index in [-0.39, 0.29) is 6.61 Å². The smallest absolute Gasteiger partial charge is 0.326 e. The number of amides is 1. The molecule has 130 valence electrons. The maximum absolute atomic E-state index is 11.7. The van der Waals surface area contributed by atoms with Crippen LogP contribution in [0, 0.1) is 0 Å². The molecule has 0 radical (unpaired) electrons. The van der Waals surface area contributed by atoms with Crippen LogP contribution in [0.3, 0.4) is 0 Å². The highest BCUT2D eigenvalue weighted by Crippen LogP contribution is 2.14. The number of ether oxygens (including phenoxy) is 1. The number of hydrogen-bond donors (Lipinski definition) is 2. The first-order valence-corrected chi connectivity index (χ1v) is 7.91. The molecule has 1 aromatic heterocycles. The standard InChI is InChI=1S/C19H20N2O4/c1-2-17(19(23)24)21-18(22)13-25-16-7-5-14(6-8-16)3-4-15-9-11-20-12-10-15/h3-12,17H,2,13H2,1H3,(H,21,22)(H,23,24)/b4-3+. The number of carbonyl (C=O) groups excluding carboxylic acids is 1. The zero-order valence-corrected chi connectivity index (χ0v) is 13.9. The van der Waals surface area contributed by atoms with Crippen LogP contribution in [-0.2, 0) is 9.59 Å². The van der Waals surface area contributed by atoms with Crippen molar-refractivity contribution in [3.05, 3.63) is 59.9 Å². The fourth-order valence-electron chi connectivity index (χ4n) is 2.07. The van der Waals surface area contributed by atoms with Gasteiger partial charge in [0.2, 0.25) is 0 Å². The van der Waals surface area contributed by atoms with E-state index in [9.17, 15) is 9.59 Å². The number of rotatable bonds is 8. The number of nitrogens with zero attached hydrogens (tertiary/aromatic N) is 1. The molecule has 0 fully saturated rings. The van der Waals surface area contributed by atoms with Crippen molar-refractivity contribution in [2.24, 2.45) is 0 Å². The lowest BCUT2D eigenvalue weighted by Gasteiger charge is -2.12. The van der Waals surface area contributed by atoms with Crippen LogP contribution in [0.1, 0.15) is 24.5 Å². The third kappa shape index (κ3) is 6.10. The molecule has 0 bridgehead atoms. The van der Waals surface area contributed by atoms with Gasteiger partial charge in [0.25, 0.3) is 5.91 Å². The Labute approximate surface area is 146 Å². The lowest BCUT2D eigenvalue weighted by molar-refractivity contribution is -0.142. The fourth-order valence-corrected chi connectivity index (χ4v) is 2.07. The Kier molecular flexibility index (Phi) is 6.71. The zero-order chi connectivity index (χ0) is 18.1. The minimum atomic E-state index is -1.05. The van der Waals surface area contributed by atoms with Gasteiger partial charge in [-0.15, -0.1) is 0 Å². The van der Waals surface area contributed by atoms with Gasteiger partial charge in [0.1, 0.15) is 11.8 Å². The second kappa shape index (κ2) is 9.22. The molecule has 0 aliphatic carbocycles. The van der Waals surface area contributed by atoms with E-state index in [1.165, 1.54) is 0 Å². The maximum Gasteiger partial charge on any atom is 0.326 e. The lowest BCUT2D eigenvalue weighted by Crippen LogP contribution is -2.42. The van der Waals surface area contributed by atoms with Gasteiger partial charge in [-0.1, -0.05) is 31.2 Å². The highest BCUT2D eigenvalue weighted by molar-refractivity contribution is 5.84. The normalized spacial score (nSPS) is 11.9. The van der Waals surface area contributed by atoms with Gasteiger partial charge in [-0.3, -0.25) is 9.78 Å². The van der Waals surface area contributed by atoms with Crippen LogP contribution < -0.4 is 10.1 Å². The summed E-state index contributed by atoms with van der Waals surface area (Å²) in [5.41, 5.74) is 2.04. The van der Waals surface area contributed by atoms with E-state index in [0.29, 0.717) is 12.2 Å². The molecular formula is C19H20N2O4. The molecule has 25 heavy (non-hydrogen) atoms. The Morgan fingerprint density at radius 2 is 1.72 bits per heavy atom. The number of aromatic nitrogens is 1. The van der Waals surface area contributed by atoms with Crippen molar-refractivity contribution in [3.63, 3.8) is 0 Å². The predicted molar refractivity (Wildman–Crippen MR) is 95.0 cm³/mol. The molecule has 2 N–H and O–H groups in total. The molecule has 1 amide bonds. The molecule has 0 aliphatic heterocycles. The van der Waals surface area contributed by atoms with E-state index in [2.05, 4.69) is 10.3 Å². The average Bonchev–Trinajstić information content (AvgIpc) is 2.64. The van der Waals surface area contributed by atoms with Gasteiger partial charge in [-0.05, 0) is 41.8 Å². The van der Waals surface area contributed by atoms with Crippen LogP contribution in [0.5, 0.6) is 5.75 Å². The molecule has 6 heteroatoms. The van der Waals surface area contributed by atoms with E-state index in [1.54, 1.807) is 31.5 Å². The highest BCUT2D eigenvalue weighted by Gasteiger charge is 2.17. The van der Waals surface area contributed by atoms with Crippen molar-refractivity contribution in [2.75, 3.05) is 6.61 Å². The van der Waals surface area contributed by atoms with Gasteiger partial charge in [-0.2, -0.15) is 0 Å². The Bertz CT molecular complexity index is 727. The summed E-state index contributed by atoms with van der Waals surface area (Å²) in [7, 11) is 0. The summed E-state index contributed by atoms with van der Waals surface area (Å²) < 4.78 is 5.37. The Balaban J connectivity index is 1.85. The van der Waals surface area contributed by atoms with Crippen molar-refractivity contribution in [3.8, 4) is 5.75 Å². The van der Waals surface area contributed by atoms with Crippen LogP contribution in [0.2, 0.25) is 0 Å². The summed E-state index contributed by atoms with van der Waals surface area (Å²) in [5, 5.41) is 11.3. The first kappa shape index (κ1) is 18.2. The average molecular weight is 340 g/mol. The SMILES string of the molecule is CCC(NC(=O)COc1ccc(/C=C/c2ccncc2)cc1)C(=O)O. The zero-order valence-electron chi connectivity index (χ0n) is 13.9. The third-order valence-electron chi connectivity index (χ3n) is 3.47. The number of carbonyl (C=O) groups is 2. The van der Waals surface area contributed by atoms with Crippen molar-refractivity contribution in [1.29, 1.82) is 0 Å². The Hall–Kier alpha value is -3.15. The van der Waals surface area contributed by atoms with E-state index < -0.39 is 17.9 Å². The van der Waals surface area contributed by atoms with Crippen molar-refractivity contribution in [1.82, 2.24) is 10.3 Å². The minimum absolute atomic E-state index is 0.226. The fraction of sp³-hybridized carbons (Fsp3) is 0.211. The van der Waals surface area contributed by atoms with Gasteiger partial charge in [-0.25, -0.2) is 4.79 Å². The van der Waals surface area contributed by atoms with Crippen LogP contribution in [0.4, 0.5) is 0 Å². The summed E-state index contributed by atoms with van der Waals surface area (Å²) in [6, 6.07) is 10.2. The van der Waals surface area contributed by atoms with Crippen molar-refractivity contribution < 1.29 is 19.4 Å². The summed E-state index contributed by atoms with van der Waals surface area (Å²) in [5.74, 6) is -0.975. The van der Waals surface area contributed by atoms with Gasteiger partial charge in [0, 0.05) is 12.4 Å². The number of hydrogen-bond acceptors (Lipinski definition) is 4.